The van der Waals surface area contributed by atoms with Gasteiger partial charge >= 0.3 is 0 Å². The predicted molar refractivity (Wildman–Crippen MR) is 76.6 cm³/mol. The lowest BCUT2D eigenvalue weighted by Gasteiger charge is -2.15. The molecule has 0 aromatic carbocycles. The number of hydrogen-bond acceptors (Lipinski definition) is 1. The van der Waals surface area contributed by atoms with E-state index in [9.17, 15) is 0 Å². The Kier molecular flexibility index (Phi) is 11.9. The molecule has 0 aliphatic carbocycles. The van der Waals surface area contributed by atoms with E-state index in [1.54, 1.807) is 0 Å². The summed E-state index contributed by atoms with van der Waals surface area (Å²) < 4.78 is 5.73. The Labute approximate surface area is 98.9 Å². The molecule has 0 rings (SSSR count). The zero-order chi connectivity index (χ0) is 11.5. The smallest absolute Gasteiger partial charge is 0.0505 e. The van der Waals surface area contributed by atoms with E-state index in [0.29, 0.717) is 0 Å². The standard InChI is InChI=1S/C12H28OP2/c1-5-14(6-2)11-9-13-10-12-15(7-3)8-4/h5-12H2,1-4H3. The second kappa shape index (κ2) is 11.3. The zero-order valence-corrected chi connectivity index (χ0v) is 12.7. The molecule has 0 spiro atoms. The van der Waals surface area contributed by atoms with E-state index in [4.69, 9.17) is 4.74 Å². The lowest BCUT2D eigenvalue weighted by molar-refractivity contribution is 0.166. The van der Waals surface area contributed by atoms with E-state index in [1.165, 1.54) is 37.0 Å². The van der Waals surface area contributed by atoms with E-state index in [1.807, 2.05) is 0 Å². The Morgan fingerprint density at radius 1 is 0.667 bits per heavy atom. The molecule has 0 saturated carbocycles. The van der Waals surface area contributed by atoms with Gasteiger partial charge in [-0.05, 0) is 37.0 Å². The first-order valence-corrected chi connectivity index (χ1v) is 10.1. The van der Waals surface area contributed by atoms with E-state index in [0.717, 1.165) is 13.2 Å². The first kappa shape index (κ1) is 15.8. The van der Waals surface area contributed by atoms with Gasteiger partial charge in [-0.2, -0.15) is 0 Å². The fourth-order valence-electron chi connectivity index (χ4n) is 1.57. The van der Waals surface area contributed by atoms with E-state index in [-0.39, 0.29) is 15.8 Å². The summed E-state index contributed by atoms with van der Waals surface area (Å²) in [6.45, 7) is 11.2. The van der Waals surface area contributed by atoms with Crippen LogP contribution in [-0.4, -0.2) is 50.2 Å². The zero-order valence-electron chi connectivity index (χ0n) is 11.0. The maximum absolute atomic E-state index is 5.73. The summed E-state index contributed by atoms with van der Waals surface area (Å²) in [5.74, 6) is 0. The average molecular weight is 250 g/mol. The highest BCUT2D eigenvalue weighted by atomic mass is 31.1. The van der Waals surface area contributed by atoms with Gasteiger partial charge < -0.3 is 4.74 Å². The monoisotopic (exact) mass is 250 g/mol. The molecule has 0 aromatic rings. The highest BCUT2D eigenvalue weighted by Gasteiger charge is 2.03. The van der Waals surface area contributed by atoms with Gasteiger partial charge in [0.2, 0.25) is 0 Å². The molecule has 15 heavy (non-hydrogen) atoms. The van der Waals surface area contributed by atoms with E-state index >= 15 is 0 Å². The van der Waals surface area contributed by atoms with Gasteiger partial charge in [-0.1, -0.05) is 27.7 Å². The molecule has 0 N–H and O–H groups in total. The molecule has 0 atom stereocenters. The first-order valence-electron chi connectivity index (χ1n) is 6.30. The van der Waals surface area contributed by atoms with Crippen molar-refractivity contribution in [2.24, 2.45) is 0 Å². The third-order valence-electron chi connectivity index (χ3n) is 2.89. The van der Waals surface area contributed by atoms with Crippen LogP contribution in [0.3, 0.4) is 0 Å². The topological polar surface area (TPSA) is 9.23 Å². The van der Waals surface area contributed by atoms with Crippen LogP contribution >= 0.6 is 15.8 Å². The van der Waals surface area contributed by atoms with Crippen molar-refractivity contribution in [2.45, 2.75) is 27.7 Å². The lowest BCUT2D eigenvalue weighted by Crippen LogP contribution is -2.06. The largest absolute Gasteiger partial charge is 0.381 e. The van der Waals surface area contributed by atoms with Gasteiger partial charge in [-0.15, -0.1) is 15.8 Å². The summed E-state index contributed by atoms with van der Waals surface area (Å²) in [7, 11) is 0.570. The van der Waals surface area contributed by atoms with Gasteiger partial charge in [0.05, 0.1) is 13.2 Å². The minimum atomic E-state index is 0.285. The molecule has 0 aromatic heterocycles. The Bertz CT molecular complexity index is 109. The molecule has 0 heterocycles. The second-order valence-corrected chi connectivity index (χ2v) is 9.77. The molecule has 0 bridgehead atoms. The summed E-state index contributed by atoms with van der Waals surface area (Å²) in [6, 6.07) is 0. The molecule has 0 fully saturated rings. The fourth-order valence-corrected chi connectivity index (χ4v) is 4.50. The van der Waals surface area contributed by atoms with Crippen molar-refractivity contribution >= 4 is 15.8 Å². The van der Waals surface area contributed by atoms with Gasteiger partial charge in [0.1, 0.15) is 0 Å². The SMILES string of the molecule is CCP(CC)CCOCCP(CC)CC. The van der Waals surface area contributed by atoms with Crippen LogP contribution in [0.4, 0.5) is 0 Å². The summed E-state index contributed by atoms with van der Waals surface area (Å²) >= 11 is 0. The van der Waals surface area contributed by atoms with Crippen molar-refractivity contribution < 1.29 is 4.74 Å². The molecule has 0 radical (unpaired) electrons. The Hall–Kier alpha value is 0.820. The first-order chi connectivity index (χ1) is 7.28. The molecule has 92 valence electrons. The minimum Gasteiger partial charge on any atom is -0.381 e. The number of ether oxygens (including phenoxy) is 1. The van der Waals surface area contributed by atoms with Crippen molar-refractivity contribution in [3.05, 3.63) is 0 Å². The summed E-state index contributed by atoms with van der Waals surface area (Å²) in [5, 5.41) is 0. The number of hydrogen-bond donors (Lipinski definition) is 0. The fraction of sp³-hybridized carbons (Fsp3) is 1.00. The van der Waals surface area contributed by atoms with Crippen LogP contribution in [0.5, 0.6) is 0 Å². The quantitative estimate of drug-likeness (QED) is 0.420. The highest BCUT2D eigenvalue weighted by molar-refractivity contribution is 7.57. The van der Waals surface area contributed by atoms with Crippen LogP contribution in [0, 0.1) is 0 Å². The molecule has 0 amide bonds. The molecule has 0 aliphatic rings. The average Bonchev–Trinajstić information content (AvgIpc) is 2.29. The van der Waals surface area contributed by atoms with Gasteiger partial charge in [-0.25, -0.2) is 0 Å². The lowest BCUT2D eigenvalue weighted by atomic mass is 10.8. The van der Waals surface area contributed by atoms with Crippen LogP contribution in [0.25, 0.3) is 0 Å². The minimum absolute atomic E-state index is 0.285. The third kappa shape index (κ3) is 8.61. The van der Waals surface area contributed by atoms with E-state index in [2.05, 4.69) is 27.7 Å². The Morgan fingerprint density at radius 2 is 1.00 bits per heavy atom. The summed E-state index contributed by atoms with van der Waals surface area (Å²) in [4.78, 5) is 0. The highest BCUT2D eigenvalue weighted by Crippen LogP contribution is 2.34. The molecule has 0 saturated heterocycles. The van der Waals surface area contributed by atoms with Crippen molar-refractivity contribution in [2.75, 3.05) is 50.2 Å². The molecule has 3 heteroatoms. The normalized spacial score (nSPS) is 11.6. The summed E-state index contributed by atoms with van der Waals surface area (Å²) in [6.07, 6.45) is 8.10. The van der Waals surface area contributed by atoms with E-state index < -0.39 is 0 Å². The van der Waals surface area contributed by atoms with Crippen LogP contribution in [-0.2, 0) is 4.74 Å². The van der Waals surface area contributed by atoms with Crippen molar-refractivity contribution in [1.29, 1.82) is 0 Å². The Balaban J connectivity index is 3.30. The van der Waals surface area contributed by atoms with Crippen LogP contribution in [0.1, 0.15) is 27.7 Å². The molecule has 0 unspecified atom stereocenters. The maximum atomic E-state index is 5.73. The molecule has 1 nitrogen and oxygen atoms in total. The van der Waals surface area contributed by atoms with Gasteiger partial charge in [0, 0.05) is 0 Å². The van der Waals surface area contributed by atoms with Crippen molar-refractivity contribution in [3.8, 4) is 0 Å². The molecular formula is C12H28OP2. The van der Waals surface area contributed by atoms with Crippen LogP contribution in [0.15, 0.2) is 0 Å². The number of rotatable bonds is 10. The predicted octanol–water partition coefficient (Wildman–Crippen LogP) is 4.05. The maximum Gasteiger partial charge on any atom is 0.0505 e. The van der Waals surface area contributed by atoms with Gasteiger partial charge in [-0.3, -0.25) is 0 Å². The second-order valence-electron chi connectivity index (χ2n) is 3.67. The molecular weight excluding hydrogens is 222 g/mol. The van der Waals surface area contributed by atoms with Crippen LogP contribution in [0.2, 0.25) is 0 Å². The summed E-state index contributed by atoms with van der Waals surface area (Å²) in [5.41, 5.74) is 0. The Morgan fingerprint density at radius 3 is 1.27 bits per heavy atom. The van der Waals surface area contributed by atoms with Crippen LogP contribution < -0.4 is 0 Å². The molecule has 0 aliphatic heterocycles. The van der Waals surface area contributed by atoms with Gasteiger partial charge in [0.15, 0.2) is 0 Å². The van der Waals surface area contributed by atoms with Crippen molar-refractivity contribution in [3.63, 3.8) is 0 Å². The van der Waals surface area contributed by atoms with Gasteiger partial charge in [0.25, 0.3) is 0 Å². The van der Waals surface area contributed by atoms with Crippen molar-refractivity contribution in [1.82, 2.24) is 0 Å². The third-order valence-corrected chi connectivity index (χ3v) is 8.10.